The van der Waals surface area contributed by atoms with Crippen LogP contribution in [0.3, 0.4) is 0 Å². The number of rotatable bonds is 4. The molecule has 120 valence electrons. The Balaban J connectivity index is 1.48. The van der Waals surface area contributed by atoms with Gasteiger partial charge in [0.15, 0.2) is 0 Å². The number of fused-ring (bicyclic) bond motifs is 1. The predicted octanol–water partition coefficient (Wildman–Crippen LogP) is 2.07. The van der Waals surface area contributed by atoms with Crippen LogP contribution in [0.4, 0.5) is 0 Å². The van der Waals surface area contributed by atoms with Gasteiger partial charge in [-0.25, -0.2) is 4.98 Å². The van der Waals surface area contributed by atoms with Gasteiger partial charge in [-0.05, 0) is 24.1 Å². The first-order chi connectivity index (χ1) is 11.7. The minimum atomic E-state index is -0.265. The van der Waals surface area contributed by atoms with Gasteiger partial charge in [-0.3, -0.25) is 14.2 Å². The number of aromatic nitrogens is 2. The third-order valence-electron chi connectivity index (χ3n) is 4.42. The Kier molecular flexibility index (Phi) is 3.61. The van der Waals surface area contributed by atoms with E-state index in [9.17, 15) is 9.59 Å². The summed E-state index contributed by atoms with van der Waals surface area (Å²) in [5, 5.41) is 3.02. The van der Waals surface area contributed by atoms with Crippen LogP contribution in [-0.4, -0.2) is 21.5 Å². The van der Waals surface area contributed by atoms with E-state index in [1.807, 2.05) is 36.4 Å². The van der Waals surface area contributed by atoms with Crippen LogP contribution < -0.4 is 10.9 Å². The molecule has 5 nitrogen and oxygen atoms in total. The summed E-state index contributed by atoms with van der Waals surface area (Å²) in [5.74, 6) is 0.234. The molecule has 1 aliphatic rings. The monoisotopic (exact) mass is 319 g/mol. The zero-order valence-corrected chi connectivity index (χ0v) is 13.1. The molecule has 1 aromatic heterocycles. The van der Waals surface area contributed by atoms with E-state index < -0.39 is 0 Å². The van der Waals surface area contributed by atoms with E-state index in [-0.39, 0.29) is 24.1 Å². The maximum atomic E-state index is 12.3. The normalized spacial score (nSPS) is 19.2. The maximum absolute atomic E-state index is 12.3. The molecule has 0 radical (unpaired) electrons. The van der Waals surface area contributed by atoms with Gasteiger partial charge in [0.05, 0.1) is 17.2 Å². The lowest BCUT2D eigenvalue weighted by Gasteiger charge is -2.10. The molecule has 2 atom stereocenters. The fraction of sp³-hybridized carbons (Fsp3) is 0.211. The minimum absolute atomic E-state index is 0.0138. The van der Waals surface area contributed by atoms with E-state index in [1.54, 1.807) is 6.07 Å². The molecule has 1 saturated carbocycles. The van der Waals surface area contributed by atoms with Crippen molar-refractivity contribution in [2.24, 2.45) is 0 Å². The Labute approximate surface area is 139 Å². The summed E-state index contributed by atoms with van der Waals surface area (Å²) in [6, 6.07) is 17.7. The molecule has 3 aromatic rings. The van der Waals surface area contributed by atoms with Gasteiger partial charge in [0.2, 0.25) is 5.91 Å². The minimum Gasteiger partial charge on any atom is -0.351 e. The van der Waals surface area contributed by atoms with Crippen LogP contribution in [0, 0.1) is 0 Å². The van der Waals surface area contributed by atoms with Gasteiger partial charge in [0, 0.05) is 12.0 Å². The van der Waals surface area contributed by atoms with E-state index in [2.05, 4.69) is 22.4 Å². The Morgan fingerprint density at radius 2 is 1.88 bits per heavy atom. The highest BCUT2D eigenvalue weighted by Gasteiger charge is 2.39. The van der Waals surface area contributed by atoms with Crippen LogP contribution in [0.2, 0.25) is 0 Å². The van der Waals surface area contributed by atoms with Gasteiger partial charge in [0.25, 0.3) is 5.56 Å². The number of para-hydroxylation sites is 2. The van der Waals surface area contributed by atoms with Crippen molar-refractivity contribution in [2.45, 2.75) is 24.9 Å². The first kappa shape index (κ1) is 14.6. The van der Waals surface area contributed by atoms with Crippen molar-refractivity contribution in [1.29, 1.82) is 0 Å². The summed E-state index contributed by atoms with van der Waals surface area (Å²) < 4.78 is 1.47. The summed E-state index contributed by atoms with van der Waals surface area (Å²) in [6.07, 6.45) is 2.21. The summed E-state index contributed by atoms with van der Waals surface area (Å²) in [5.41, 5.74) is 2.36. The standard InChI is InChI=1S/C19H17N3O2/c23-18(21-16-10-14(16)13-6-2-1-3-7-13)12-22-17-9-5-4-8-15(17)20-11-19(22)24/h1-9,11,14,16H,10,12H2,(H,21,23). The van der Waals surface area contributed by atoms with Crippen LogP contribution in [-0.2, 0) is 11.3 Å². The molecular formula is C19H17N3O2. The Hall–Kier alpha value is -2.95. The summed E-state index contributed by atoms with van der Waals surface area (Å²) in [4.78, 5) is 28.5. The number of carbonyl (C=O) groups is 1. The number of amides is 1. The van der Waals surface area contributed by atoms with Gasteiger partial charge in [-0.1, -0.05) is 42.5 Å². The molecule has 1 aliphatic carbocycles. The van der Waals surface area contributed by atoms with Gasteiger partial charge >= 0.3 is 0 Å². The average Bonchev–Trinajstić information content (AvgIpc) is 3.37. The second-order valence-corrected chi connectivity index (χ2v) is 6.10. The molecule has 1 amide bonds. The van der Waals surface area contributed by atoms with Gasteiger partial charge in [-0.2, -0.15) is 0 Å². The average molecular weight is 319 g/mol. The van der Waals surface area contributed by atoms with Crippen LogP contribution in [0.5, 0.6) is 0 Å². The van der Waals surface area contributed by atoms with Crippen molar-refractivity contribution in [3.8, 4) is 0 Å². The Morgan fingerprint density at radius 1 is 1.12 bits per heavy atom. The van der Waals surface area contributed by atoms with Crippen molar-refractivity contribution >= 4 is 16.9 Å². The highest BCUT2D eigenvalue weighted by Crippen LogP contribution is 2.40. The quantitative estimate of drug-likeness (QED) is 0.801. The fourth-order valence-corrected chi connectivity index (χ4v) is 3.10. The molecule has 1 heterocycles. The first-order valence-corrected chi connectivity index (χ1v) is 8.01. The van der Waals surface area contributed by atoms with E-state index in [4.69, 9.17) is 0 Å². The Morgan fingerprint density at radius 3 is 2.71 bits per heavy atom. The van der Waals surface area contributed by atoms with Crippen molar-refractivity contribution in [2.75, 3.05) is 0 Å². The number of hydrogen-bond donors (Lipinski definition) is 1. The molecule has 0 aliphatic heterocycles. The van der Waals surface area contributed by atoms with E-state index in [0.29, 0.717) is 17.0 Å². The third kappa shape index (κ3) is 2.80. The molecule has 0 spiro atoms. The van der Waals surface area contributed by atoms with E-state index in [0.717, 1.165) is 6.42 Å². The lowest BCUT2D eigenvalue weighted by molar-refractivity contribution is -0.121. The summed E-state index contributed by atoms with van der Waals surface area (Å²) in [6.45, 7) is 0.0138. The van der Waals surface area contributed by atoms with Crippen molar-refractivity contribution in [3.05, 3.63) is 76.7 Å². The molecule has 1 N–H and O–H groups in total. The molecule has 0 bridgehead atoms. The molecule has 24 heavy (non-hydrogen) atoms. The molecule has 5 heteroatoms. The first-order valence-electron chi connectivity index (χ1n) is 8.01. The van der Waals surface area contributed by atoms with Crippen LogP contribution >= 0.6 is 0 Å². The van der Waals surface area contributed by atoms with Crippen LogP contribution in [0.15, 0.2) is 65.6 Å². The van der Waals surface area contributed by atoms with Crippen molar-refractivity contribution in [1.82, 2.24) is 14.9 Å². The number of benzene rings is 2. The van der Waals surface area contributed by atoms with Crippen LogP contribution in [0.25, 0.3) is 11.0 Å². The zero-order chi connectivity index (χ0) is 16.5. The SMILES string of the molecule is O=C(Cn1c(=O)cnc2ccccc21)NC1CC1c1ccccc1. The van der Waals surface area contributed by atoms with E-state index >= 15 is 0 Å². The highest BCUT2D eigenvalue weighted by atomic mass is 16.2. The van der Waals surface area contributed by atoms with Gasteiger partial charge in [-0.15, -0.1) is 0 Å². The molecule has 2 aromatic carbocycles. The smallest absolute Gasteiger partial charge is 0.269 e. The number of carbonyl (C=O) groups excluding carboxylic acids is 1. The molecule has 4 rings (SSSR count). The maximum Gasteiger partial charge on any atom is 0.269 e. The van der Waals surface area contributed by atoms with Crippen molar-refractivity contribution in [3.63, 3.8) is 0 Å². The van der Waals surface area contributed by atoms with Gasteiger partial charge < -0.3 is 5.32 Å². The number of nitrogens with one attached hydrogen (secondary N) is 1. The second kappa shape index (κ2) is 5.92. The predicted molar refractivity (Wildman–Crippen MR) is 91.7 cm³/mol. The molecule has 1 fully saturated rings. The summed E-state index contributed by atoms with van der Waals surface area (Å²) >= 11 is 0. The third-order valence-corrected chi connectivity index (χ3v) is 4.42. The zero-order valence-electron chi connectivity index (χ0n) is 13.1. The molecule has 2 unspecified atom stereocenters. The Bertz CT molecular complexity index is 949. The second-order valence-electron chi connectivity index (χ2n) is 6.10. The lowest BCUT2D eigenvalue weighted by atomic mass is 10.1. The molecule has 0 saturated heterocycles. The topological polar surface area (TPSA) is 64.0 Å². The lowest BCUT2D eigenvalue weighted by Crippen LogP contribution is -2.34. The van der Waals surface area contributed by atoms with Gasteiger partial charge in [0.1, 0.15) is 6.54 Å². The molecular weight excluding hydrogens is 302 g/mol. The van der Waals surface area contributed by atoms with Crippen LogP contribution in [0.1, 0.15) is 17.9 Å². The number of hydrogen-bond acceptors (Lipinski definition) is 3. The summed E-state index contributed by atoms with van der Waals surface area (Å²) in [7, 11) is 0. The number of nitrogens with zero attached hydrogens (tertiary/aromatic N) is 2. The highest BCUT2D eigenvalue weighted by molar-refractivity contribution is 5.80. The van der Waals surface area contributed by atoms with Crippen molar-refractivity contribution < 1.29 is 4.79 Å². The fourth-order valence-electron chi connectivity index (χ4n) is 3.10. The van der Waals surface area contributed by atoms with E-state index in [1.165, 1.54) is 16.3 Å². The largest absolute Gasteiger partial charge is 0.351 e.